The number of hydrogen-bond donors (Lipinski definition) is 1. The first-order valence-electron chi connectivity index (χ1n) is 5.80. The van der Waals surface area contributed by atoms with Crippen molar-refractivity contribution in [2.24, 2.45) is 0 Å². The monoisotopic (exact) mass is 301 g/mol. The Morgan fingerprint density at radius 1 is 1.32 bits per heavy atom. The molecule has 0 amide bonds. The molecule has 1 fully saturated rings. The summed E-state index contributed by atoms with van der Waals surface area (Å²) in [5.74, 6) is -0.0107. The van der Waals surface area contributed by atoms with Gasteiger partial charge in [-0.3, -0.25) is 0 Å². The summed E-state index contributed by atoms with van der Waals surface area (Å²) in [4.78, 5) is 0. The van der Waals surface area contributed by atoms with Crippen LogP contribution < -0.4 is 5.32 Å². The van der Waals surface area contributed by atoms with Crippen molar-refractivity contribution in [1.29, 1.82) is 0 Å². The molecule has 0 unspecified atom stereocenters. The summed E-state index contributed by atoms with van der Waals surface area (Å²) in [6.07, 6.45) is 2.35. The van der Waals surface area contributed by atoms with Gasteiger partial charge in [0.1, 0.15) is 0 Å². The van der Waals surface area contributed by atoms with Gasteiger partial charge in [0.15, 0.2) is 11.6 Å². The molecule has 8 heteroatoms. The molecule has 1 aromatic heterocycles. The van der Waals surface area contributed by atoms with Gasteiger partial charge >= 0.3 is 0 Å². The van der Waals surface area contributed by atoms with Crippen molar-refractivity contribution in [2.45, 2.75) is 25.4 Å². The van der Waals surface area contributed by atoms with Gasteiger partial charge in [-0.15, -0.1) is 5.10 Å². The largest absolute Gasteiger partial charge is 0.307 e. The highest BCUT2D eigenvalue weighted by molar-refractivity contribution is 6.35. The van der Waals surface area contributed by atoms with Crippen LogP contribution >= 0.6 is 23.2 Å². The normalized spacial score (nSPS) is 14.9. The van der Waals surface area contributed by atoms with Crippen molar-refractivity contribution in [1.82, 2.24) is 25.5 Å². The van der Waals surface area contributed by atoms with Crippen LogP contribution in [0.1, 0.15) is 18.7 Å². The standard InChI is InChI=1S/C11H10Cl2FN5/c12-8-3-7(4-9(13)11(8)14)19-10(16-17-18-19)5-15-6-1-2-6/h3-4,6,15H,1-2,5H2. The average Bonchev–Trinajstić information content (AvgIpc) is 3.10. The Morgan fingerprint density at radius 2 is 2.00 bits per heavy atom. The van der Waals surface area contributed by atoms with Crippen LogP contribution in [0.15, 0.2) is 12.1 Å². The number of tetrazole rings is 1. The SMILES string of the molecule is Fc1c(Cl)cc(-n2nnnc2CNC2CC2)cc1Cl. The summed E-state index contributed by atoms with van der Waals surface area (Å²) >= 11 is 11.5. The second-order valence-electron chi connectivity index (χ2n) is 4.39. The summed E-state index contributed by atoms with van der Waals surface area (Å²) in [6, 6.07) is 3.44. The minimum Gasteiger partial charge on any atom is -0.307 e. The summed E-state index contributed by atoms with van der Waals surface area (Å²) in [7, 11) is 0. The Labute approximate surface area is 118 Å². The Kier molecular flexibility index (Phi) is 3.38. The molecule has 1 N–H and O–H groups in total. The van der Waals surface area contributed by atoms with E-state index in [1.54, 1.807) is 0 Å². The van der Waals surface area contributed by atoms with E-state index in [1.807, 2.05) is 0 Å². The molecule has 0 bridgehead atoms. The van der Waals surface area contributed by atoms with Gasteiger partial charge in [-0.2, -0.15) is 4.68 Å². The molecule has 100 valence electrons. The predicted molar refractivity (Wildman–Crippen MR) is 69.0 cm³/mol. The lowest BCUT2D eigenvalue weighted by Gasteiger charge is -2.07. The van der Waals surface area contributed by atoms with Crippen molar-refractivity contribution in [3.05, 3.63) is 33.8 Å². The number of aromatic nitrogens is 4. The quantitative estimate of drug-likeness (QED) is 0.881. The van der Waals surface area contributed by atoms with Crippen LogP contribution in [0.3, 0.4) is 0 Å². The van der Waals surface area contributed by atoms with Crippen LogP contribution in [-0.4, -0.2) is 26.2 Å². The molecule has 0 radical (unpaired) electrons. The fourth-order valence-corrected chi connectivity index (χ4v) is 2.18. The molecular weight excluding hydrogens is 292 g/mol. The Bertz CT molecular complexity index is 588. The summed E-state index contributed by atoms with van der Waals surface area (Å²) in [6.45, 7) is 0.546. The van der Waals surface area contributed by atoms with Crippen molar-refractivity contribution < 1.29 is 4.39 Å². The molecule has 1 aliphatic carbocycles. The van der Waals surface area contributed by atoms with Crippen molar-refractivity contribution >= 4 is 23.2 Å². The lowest BCUT2D eigenvalue weighted by atomic mass is 10.3. The van der Waals surface area contributed by atoms with Gasteiger partial charge in [0, 0.05) is 6.04 Å². The van der Waals surface area contributed by atoms with Gasteiger partial charge in [0.05, 0.1) is 22.3 Å². The van der Waals surface area contributed by atoms with Crippen molar-refractivity contribution in [3.8, 4) is 5.69 Å². The maximum Gasteiger partial charge on any atom is 0.170 e. The number of rotatable bonds is 4. The minimum absolute atomic E-state index is 0.0564. The van der Waals surface area contributed by atoms with E-state index in [-0.39, 0.29) is 10.0 Å². The highest BCUT2D eigenvalue weighted by atomic mass is 35.5. The number of halogens is 3. The van der Waals surface area contributed by atoms with E-state index in [2.05, 4.69) is 20.8 Å². The Balaban J connectivity index is 1.90. The molecule has 1 saturated carbocycles. The highest BCUT2D eigenvalue weighted by Crippen LogP contribution is 2.26. The predicted octanol–water partition coefficient (Wildman–Crippen LogP) is 2.36. The molecule has 0 aliphatic heterocycles. The lowest BCUT2D eigenvalue weighted by molar-refractivity contribution is 0.624. The number of nitrogens with one attached hydrogen (secondary N) is 1. The third kappa shape index (κ3) is 2.70. The topological polar surface area (TPSA) is 55.6 Å². The van der Waals surface area contributed by atoms with Gasteiger partial charge in [-0.05, 0) is 35.4 Å². The minimum atomic E-state index is -0.641. The molecule has 0 atom stereocenters. The highest BCUT2D eigenvalue weighted by Gasteiger charge is 2.21. The second-order valence-corrected chi connectivity index (χ2v) is 5.20. The molecule has 2 aromatic rings. The molecule has 0 spiro atoms. The third-order valence-corrected chi connectivity index (χ3v) is 3.42. The zero-order chi connectivity index (χ0) is 13.4. The fourth-order valence-electron chi connectivity index (χ4n) is 1.70. The maximum absolute atomic E-state index is 13.4. The van der Waals surface area contributed by atoms with Crippen LogP contribution in [0, 0.1) is 5.82 Å². The first-order chi connectivity index (χ1) is 9.15. The number of benzene rings is 1. The average molecular weight is 302 g/mol. The van der Waals surface area contributed by atoms with E-state index < -0.39 is 5.82 Å². The van der Waals surface area contributed by atoms with Crippen LogP contribution in [0.5, 0.6) is 0 Å². The fraction of sp³-hybridized carbons (Fsp3) is 0.364. The van der Waals surface area contributed by atoms with Gasteiger partial charge < -0.3 is 5.32 Å². The first kappa shape index (κ1) is 12.8. The Hall–Kier alpha value is -1.24. The van der Waals surface area contributed by atoms with Gasteiger partial charge in [0.25, 0.3) is 0 Å². The third-order valence-electron chi connectivity index (χ3n) is 2.87. The molecule has 1 heterocycles. The molecule has 0 saturated heterocycles. The number of hydrogen-bond acceptors (Lipinski definition) is 4. The van der Waals surface area contributed by atoms with E-state index in [9.17, 15) is 4.39 Å². The zero-order valence-electron chi connectivity index (χ0n) is 9.78. The smallest absolute Gasteiger partial charge is 0.170 e. The van der Waals surface area contributed by atoms with Crippen molar-refractivity contribution in [3.63, 3.8) is 0 Å². The zero-order valence-corrected chi connectivity index (χ0v) is 11.3. The maximum atomic E-state index is 13.4. The summed E-state index contributed by atoms with van der Waals surface area (Å²) in [5, 5.41) is 14.6. The lowest BCUT2D eigenvalue weighted by Crippen LogP contribution is -2.18. The Morgan fingerprint density at radius 3 is 2.63 bits per heavy atom. The van der Waals surface area contributed by atoms with E-state index in [0.29, 0.717) is 24.1 Å². The van der Waals surface area contributed by atoms with E-state index >= 15 is 0 Å². The summed E-state index contributed by atoms with van der Waals surface area (Å²) < 4.78 is 14.9. The second kappa shape index (κ2) is 5.03. The molecule has 19 heavy (non-hydrogen) atoms. The molecule has 1 aromatic carbocycles. The van der Waals surface area contributed by atoms with Crippen LogP contribution in [0.4, 0.5) is 4.39 Å². The van der Waals surface area contributed by atoms with Crippen LogP contribution in [0.2, 0.25) is 10.0 Å². The molecule has 1 aliphatic rings. The van der Waals surface area contributed by atoms with E-state index in [4.69, 9.17) is 23.2 Å². The van der Waals surface area contributed by atoms with Crippen molar-refractivity contribution in [2.75, 3.05) is 0 Å². The van der Waals surface area contributed by atoms with Gasteiger partial charge in [-0.1, -0.05) is 23.2 Å². The van der Waals surface area contributed by atoms with E-state index in [1.165, 1.54) is 29.7 Å². The van der Waals surface area contributed by atoms with Crippen LogP contribution in [-0.2, 0) is 6.54 Å². The number of nitrogens with zero attached hydrogens (tertiary/aromatic N) is 4. The summed E-state index contributed by atoms with van der Waals surface area (Å²) in [5.41, 5.74) is 0.536. The van der Waals surface area contributed by atoms with Gasteiger partial charge in [0.2, 0.25) is 0 Å². The van der Waals surface area contributed by atoms with Crippen LogP contribution in [0.25, 0.3) is 5.69 Å². The molecular formula is C11H10Cl2FN5. The molecule has 3 rings (SSSR count). The first-order valence-corrected chi connectivity index (χ1v) is 6.56. The molecule has 5 nitrogen and oxygen atoms in total. The van der Waals surface area contributed by atoms with E-state index in [0.717, 1.165) is 0 Å². The van der Waals surface area contributed by atoms with Gasteiger partial charge in [-0.25, -0.2) is 4.39 Å².